The van der Waals surface area contributed by atoms with Gasteiger partial charge in [0.25, 0.3) is 0 Å². The highest BCUT2D eigenvalue weighted by atomic mass is 16.4. The number of benzene rings is 2. The second-order valence-corrected chi connectivity index (χ2v) is 4.86. The Labute approximate surface area is 124 Å². The summed E-state index contributed by atoms with van der Waals surface area (Å²) >= 11 is 0. The number of hydrogen-bond donors (Lipinski definition) is 2. The Bertz CT molecular complexity index is 620. The molecule has 0 radical (unpaired) electrons. The zero-order valence-corrected chi connectivity index (χ0v) is 12.0. The number of carboxylic acid groups (broad SMARTS) is 1. The highest BCUT2D eigenvalue weighted by Crippen LogP contribution is 2.17. The smallest absolute Gasteiger partial charge is 0.337 e. The molecule has 0 aliphatic carbocycles. The summed E-state index contributed by atoms with van der Waals surface area (Å²) in [7, 11) is 0. The van der Waals surface area contributed by atoms with E-state index in [9.17, 15) is 4.79 Å². The molecule has 2 N–H and O–H groups in total. The van der Waals surface area contributed by atoms with Gasteiger partial charge in [0.05, 0.1) is 5.56 Å². The summed E-state index contributed by atoms with van der Waals surface area (Å²) in [5, 5.41) is 12.2. The van der Waals surface area contributed by atoms with Crippen molar-refractivity contribution in [2.45, 2.75) is 12.8 Å². The van der Waals surface area contributed by atoms with Gasteiger partial charge in [0.1, 0.15) is 0 Å². The van der Waals surface area contributed by atoms with E-state index in [1.54, 1.807) is 18.2 Å². The van der Waals surface area contributed by atoms with Gasteiger partial charge in [-0.15, -0.1) is 0 Å². The highest BCUT2D eigenvalue weighted by Gasteiger charge is 2.07. The van der Waals surface area contributed by atoms with Gasteiger partial charge < -0.3 is 10.4 Å². The molecule has 0 aromatic heterocycles. The number of anilines is 1. The Kier molecular flexibility index (Phi) is 5.16. The molecular weight excluding hydrogens is 262 g/mol. The Hall–Kier alpha value is -2.55. The van der Waals surface area contributed by atoms with Crippen molar-refractivity contribution in [1.82, 2.24) is 0 Å². The first-order chi connectivity index (χ1) is 10.2. The third-order valence-corrected chi connectivity index (χ3v) is 3.32. The molecule has 1 atom stereocenters. The SMILES string of the molecule is CC(/C=C/CNc1ccccc1C(=O)O)c1ccccc1. The second-order valence-electron chi connectivity index (χ2n) is 4.86. The van der Waals surface area contributed by atoms with E-state index in [2.05, 4.69) is 30.4 Å². The lowest BCUT2D eigenvalue weighted by Crippen LogP contribution is -2.06. The van der Waals surface area contributed by atoms with Gasteiger partial charge in [0.2, 0.25) is 0 Å². The molecule has 0 fully saturated rings. The maximum absolute atomic E-state index is 11.1. The minimum absolute atomic E-state index is 0.294. The number of allylic oxidation sites excluding steroid dienone is 1. The van der Waals surface area contributed by atoms with E-state index in [1.165, 1.54) is 5.56 Å². The summed E-state index contributed by atoms with van der Waals surface area (Å²) in [4.78, 5) is 11.1. The van der Waals surface area contributed by atoms with Crippen LogP contribution in [0.4, 0.5) is 5.69 Å². The zero-order chi connectivity index (χ0) is 15.1. The standard InChI is InChI=1S/C18H19NO2/c1-14(15-9-3-2-4-10-15)8-7-13-19-17-12-6-5-11-16(17)18(20)21/h2-12,14,19H,13H2,1H3,(H,20,21)/b8-7+. The Balaban J connectivity index is 1.93. The summed E-state index contributed by atoms with van der Waals surface area (Å²) in [6.07, 6.45) is 4.14. The van der Waals surface area contributed by atoms with Gasteiger partial charge >= 0.3 is 5.97 Å². The molecule has 21 heavy (non-hydrogen) atoms. The van der Waals surface area contributed by atoms with Gasteiger partial charge in [-0.1, -0.05) is 61.5 Å². The Morgan fingerprint density at radius 2 is 1.81 bits per heavy atom. The second kappa shape index (κ2) is 7.29. The minimum atomic E-state index is -0.917. The van der Waals surface area contributed by atoms with Crippen molar-refractivity contribution in [2.24, 2.45) is 0 Å². The van der Waals surface area contributed by atoms with Crippen molar-refractivity contribution in [1.29, 1.82) is 0 Å². The first-order valence-electron chi connectivity index (χ1n) is 6.96. The summed E-state index contributed by atoms with van der Waals surface area (Å²) in [5.74, 6) is -0.581. The summed E-state index contributed by atoms with van der Waals surface area (Å²) < 4.78 is 0. The van der Waals surface area contributed by atoms with E-state index in [0.717, 1.165) is 0 Å². The van der Waals surface area contributed by atoms with E-state index >= 15 is 0 Å². The molecule has 0 bridgehead atoms. The van der Waals surface area contributed by atoms with Gasteiger partial charge in [0.15, 0.2) is 0 Å². The molecule has 0 saturated carbocycles. The third kappa shape index (κ3) is 4.21. The summed E-state index contributed by atoms with van der Waals surface area (Å²) in [5.41, 5.74) is 2.20. The fraction of sp³-hybridized carbons (Fsp3) is 0.167. The molecule has 2 aromatic rings. The molecule has 0 amide bonds. The average Bonchev–Trinajstić information content (AvgIpc) is 2.52. The van der Waals surface area contributed by atoms with Crippen molar-refractivity contribution in [2.75, 3.05) is 11.9 Å². The number of carboxylic acids is 1. The van der Waals surface area contributed by atoms with Gasteiger partial charge in [0, 0.05) is 12.2 Å². The fourth-order valence-electron chi connectivity index (χ4n) is 2.13. The molecule has 108 valence electrons. The molecule has 3 heteroatoms. The molecular formula is C18H19NO2. The van der Waals surface area contributed by atoms with Gasteiger partial charge in [-0.25, -0.2) is 4.79 Å². The summed E-state index contributed by atoms with van der Waals surface area (Å²) in [6, 6.07) is 17.2. The lowest BCUT2D eigenvalue weighted by molar-refractivity contribution is 0.0698. The van der Waals surface area contributed by atoms with Crippen LogP contribution in [0.2, 0.25) is 0 Å². The van der Waals surface area contributed by atoms with E-state index in [0.29, 0.717) is 23.7 Å². The first-order valence-corrected chi connectivity index (χ1v) is 6.96. The van der Waals surface area contributed by atoms with Crippen LogP contribution in [0, 0.1) is 0 Å². The quantitative estimate of drug-likeness (QED) is 0.782. The van der Waals surface area contributed by atoms with Crippen LogP contribution in [-0.4, -0.2) is 17.6 Å². The first kappa shape index (κ1) is 14.9. The van der Waals surface area contributed by atoms with Crippen molar-refractivity contribution >= 4 is 11.7 Å². The van der Waals surface area contributed by atoms with E-state index in [-0.39, 0.29) is 0 Å². The highest BCUT2D eigenvalue weighted by molar-refractivity contribution is 5.94. The van der Waals surface area contributed by atoms with Crippen molar-refractivity contribution in [3.8, 4) is 0 Å². The maximum Gasteiger partial charge on any atom is 0.337 e. The number of aromatic carboxylic acids is 1. The lowest BCUT2D eigenvalue weighted by Gasteiger charge is -2.08. The summed E-state index contributed by atoms with van der Waals surface area (Å²) in [6.45, 7) is 2.73. The monoisotopic (exact) mass is 281 g/mol. The van der Waals surface area contributed by atoms with Gasteiger partial charge in [-0.05, 0) is 23.6 Å². The minimum Gasteiger partial charge on any atom is -0.478 e. The van der Waals surface area contributed by atoms with Gasteiger partial charge in [-0.3, -0.25) is 0 Å². The predicted octanol–water partition coefficient (Wildman–Crippen LogP) is 4.16. The largest absolute Gasteiger partial charge is 0.478 e. The third-order valence-electron chi connectivity index (χ3n) is 3.32. The number of rotatable bonds is 6. The fourth-order valence-corrected chi connectivity index (χ4v) is 2.13. The van der Waals surface area contributed by atoms with Crippen molar-refractivity contribution in [3.05, 3.63) is 77.9 Å². The average molecular weight is 281 g/mol. The lowest BCUT2D eigenvalue weighted by atomic mass is 10.0. The maximum atomic E-state index is 11.1. The topological polar surface area (TPSA) is 49.3 Å². The van der Waals surface area contributed by atoms with Crippen LogP contribution in [0.1, 0.15) is 28.8 Å². The number of carbonyl (C=O) groups is 1. The zero-order valence-electron chi connectivity index (χ0n) is 12.0. The van der Waals surface area contributed by atoms with Crippen LogP contribution in [0.5, 0.6) is 0 Å². The molecule has 3 nitrogen and oxygen atoms in total. The van der Waals surface area contributed by atoms with Crippen LogP contribution in [0.3, 0.4) is 0 Å². The molecule has 0 heterocycles. The van der Waals surface area contributed by atoms with Crippen LogP contribution < -0.4 is 5.32 Å². The van der Waals surface area contributed by atoms with Crippen molar-refractivity contribution < 1.29 is 9.90 Å². The molecule has 2 rings (SSSR count). The van der Waals surface area contributed by atoms with Gasteiger partial charge in [-0.2, -0.15) is 0 Å². The van der Waals surface area contributed by atoms with Crippen molar-refractivity contribution in [3.63, 3.8) is 0 Å². The number of para-hydroxylation sites is 1. The molecule has 2 aromatic carbocycles. The van der Waals surface area contributed by atoms with Crippen LogP contribution >= 0.6 is 0 Å². The number of hydrogen-bond acceptors (Lipinski definition) is 2. The van der Waals surface area contributed by atoms with E-state index in [1.807, 2.05) is 30.3 Å². The van der Waals surface area contributed by atoms with E-state index < -0.39 is 5.97 Å². The number of nitrogens with one attached hydrogen (secondary N) is 1. The Morgan fingerprint density at radius 1 is 1.14 bits per heavy atom. The Morgan fingerprint density at radius 3 is 2.52 bits per heavy atom. The molecule has 0 saturated heterocycles. The molecule has 0 spiro atoms. The molecule has 0 aliphatic rings. The predicted molar refractivity (Wildman–Crippen MR) is 85.9 cm³/mol. The van der Waals surface area contributed by atoms with Crippen LogP contribution in [0.25, 0.3) is 0 Å². The van der Waals surface area contributed by atoms with Crippen LogP contribution in [0.15, 0.2) is 66.7 Å². The normalized spacial score (nSPS) is 12.2. The van der Waals surface area contributed by atoms with E-state index in [4.69, 9.17) is 5.11 Å². The molecule has 1 unspecified atom stereocenters. The molecule has 0 aliphatic heterocycles. The van der Waals surface area contributed by atoms with Crippen LogP contribution in [-0.2, 0) is 0 Å².